The number of carbonyl (C=O) groups is 1. The van der Waals surface area contributed by atoms with Crippen LogP contribution >= 0.6 is 0 Å². The fraction of sp³-hybridized carbons (Fsp3) is 0.560. The second-order valence-corrected chi connectivity index (χ2v) is 9.12. The molecule has 0 aliphatic heterocycles. The molecule has 0 saturated heterocycles. The van der Waals surface area contributed by atoms with Gasteiger partial charge in [-0.15, -0.1) is 0 Å². The van der Waals surface area contributed by atoms with Gasteiger partial charge in [-0.25, -0.2) is 4.98 Å². The van der Waals surface area contributed by atoms with E-state index in [0.29, 0.717) is 5.92 Å². The molecule has 166 valence electrons. The molecule has 6 nitrogen and oxygen atoms in total. The normalized spacial score (nSPS) is 18.4. The van der Waals surface area contributed by atoms with Crippen molar-refractivity contribution in [2.75, 3.05) is 33.8 Å². The number of hydrogen-bond acceptors (Lipinski definition) is 5. The maximum atomic E-state index is 12.8. The lowest BCUT2D eigenvalue weighted by Gasteiger charge is -2.15. The molecule has 1 unspecified atom stereocenters. The smallest absolute Gasteiger partial charge is 0.223 e. The quantitative estimate of drug-likeness (QED) is 0.495. The molecule has 1 atom stereocenters. The first-order valence-corrected chi connectivity index (χ1v) is 11.6. The molecular formula is C25H34N4O2. The van der Waals surface area contributed by atoms with Gasteiger partial charge in [0.15, 0.2) is 5.82 Å². The summed E-state index contributed by atoms with van der Waals surface area (Å²) in [6.07, 6.45) is 6.67. The molecule has 1 aromatic carbocycles. The maximum absolute atomic E-state index is 12.8. The Bertz CT molecular complexity index is 881. The molecule has 31 heavy (non-hydrogen) atoms. The summed E-state index contributed by atoms with van der Waals surface area (Å²) in [4.78, 5) is 24.6. The van der Waals surface area contributed by atoms with E-state index in [9.17, 15) is 4.79 Å². The SMILES string of the molecule is CN(C)CCCNC(=O)C1CCc2nc(-c3ccccc3)nc(OCC3CC3)c2CC1. The van der Waals surface area contributed by atoms with Crippen molar-refractivity contribution >= 4 is 5.91 Å². The van der Waals surface area contributed by atoms with Gasteiger partial charge in [0.1, 0.15) is 0 Å². The Kier molecular flexibility index (Phi) is 7.17. The fourth-order valence-corrected chi connectivity index (χ4v) is 4.07. The summed E-state index contributed by atoms with van der Waals surface area (Å²) in [5.41, 5.74) is 3.15. The van der Waals surface area contributed by atoms with E-state index < -0.39 is 0 Å². The lowest BCUT2D eigenvalue weighted by atomic mass is 9.99. The van der Waals surface area contributed by atoms with Gasteiger partial charge in [0.05, 0.1) is 12.3 Å². The van der Waals surface area contributed by atoms with Crippen LogP contribution in [-0.2, 0) is 17.6 Å². The molecule has 2 aliphatic carbocycles. The largest absolute Gasteiger partial charge is 0.477 e. The Labute approximate surface area is 185 Å². The average molecular weight is 423 g/mol. The molecule has 2 aliphatic rings. The highest BCUT2D eigenvalue weighted by atomic mass is 16.5. The Morgan fingerprint density at radius 1 is 1.10 bits per heavy atom. The van der Waals surface area contributed by atoms with Crippen molar-refractivity contribution < 1.29 is 9.53 Å². The van der Waals surface area contributed by atoms with Crippen LogP contribution in [0.1, 0.15) is 43.4 Å². The lowest BCUT2D eigenvalue weighted by molar-refractivity contribution is -0.125. The second-order valence-electron chi connectivity index (χ2n) is 9.12. The van der Waals surface area contributed by atoms with Crippen molar-refractivity contribution in [3.63, 3.8) is 0 Å². The highest BCUT2D eigenvalue weighted by Gasteiger charge is 2.28. The Hall–Kier alpha value is -2.47. The minimum Gasteiger partial charge on any atom is -0.477 e. The minimum atomic E-state index is 0.0185. The fourth-order valence-electron chi connectivity index (χ4n) is 4.07. The zero-order chi connectivity index (χ0) is 21.6. The first-order valence-electron chi connectivity index (χ1n) is 11.6. The van der Waals surface area contributed by atoms with Crippen molar-refractivity contribution in [2.45, 2.75) is 44.9 Å². The zero-order valence-corrected chi connectivity index (χ0v) is 18.8. The molecule has 0 spiro atoms. The summed E-state index contributed by atoms with van der Waals surface area (Å²) in [6.45, 7) is 2.44. The molecule has 1 fully saturated rings. The first kappa shape index (κ1) is 21.8. The van der Waals surface area contributed by atoms with Gasteiger partial charge in [-0.1, -0.05) is 30.3 Å². The van der Waals surface area contributed by atoms with Crippen LogP contribution in [0.15, 0.2) is 30.3 Å². The van der Waals surface area contributed by atoms with Gasteiger partial charge in [0, 0.05) is 23.6 Å². The van der Waals surface area contributed by atoms with Gasteiger partial charge in [-0.05, 0) is 71.5 Å². The van der Waals surface area contributed by atoms with E-state index in [-0.39, 0.29) is 11.8 Å². The number of aromatic nitrogens is 2. The maximum Gasteiger partial charge on any atom is 0.223 e. The van der Waals surface area contributed by atoms with Crippen molar-refractivity contribution in [1.29, 1.82) is 0 Å². The summed E-state index contributed by atoms with van der Waals surface area (Å²) in [6, 6.07) is 10.1. The molecule has 0 bridgehead atoms. The molecular weight excluding hydrogens is 388 g/mol. The molecule has 1 amide bonds. The first-order chi connectivity index (χ1) is 15.1. The number of nitrogens with zero attached hydrogens (tertiary/aromatic N) is 3. The van der Waals surface area contributed by atoms with Crippen LogP contribution in [0.3, 0.4) is 0 Å². The highest BCUT2D eigenvalue weighted by molar-refractivity contribution is 5.78. The van der Waals surface area contributed by atoms with Crippen molar-refractivity contribution in [2.24, 2.45) is 11.8 Å². The van der Waals surface area contributed by atoms with E-state index in [1.165, 1.54) is 12.8 Å². The molecule has 2 aromatic rings. The second kappa shape index (κ2) is 10.2. The van der Waals surface area contributed by atoms with Gasteiger partial charge >= 0.3 is 0 Å². The number of rotatable bonds is 9. The summed E-state index contributed by atoms with van der Waals surface area (Å²) >= 11 is 0. The third kappa shape index (κ3) is 6.03. The summed E-state index contributed by atoms with van der Waals surface area (Å²) in [5, 5.41) is 3.13. The van der Waals surface area contributed by atoms with Gasteiger partial charge in [0.25, 0.3) is 0 Å². The van der Waals surface area contributed by atoms with Crippen LogP contribution in [-0.4, -0.2) is 54.6 Å². The summed E-state index contributed by atoms with van der Waals surface area (Å²) < 4.78 is 6.19. The van der Waals surface area contributed by atoms with Crippen LogP contribution in [0.2, 0.25) is 0 Å². The monoisotopic (exact) mass is 422 g/mol. The molecule has 1 N–H and O–H groups in total. The van der Waals surface area contributed by atoms with E-state index in [4.69, 9.17) is 14.7 Å². The van der Waals surface area contributed by atoms with Crippen LogP contribution < -0.4 is 10.1 Å². The highest BCUT2D eigenvalue weighted by Crippen LogP contribution is 2.34. The molecule has 0 radical (unpaired) electrons. The van der Waals surface area contributed by atoms with Crippen LogP contribution in [0.5, 0.6) is 5.88 Å². The predicted molar refractivity (Wildman–Crippen MR) is 122 cm³/mol. The molecule has 1 saturated carbocycles. The number of carbonyl (C=O) groups excluding carboxylic acids is 1. The standard InChI is InChI=1S/C25H34N4O2/c1-29(2)16-6-15-26-24(30)20-11-13-21-22(14-12-20)27-23(19-7-4-3-5-8-19)28-25(21)31-17-18-9-10-18/h3-5,7-8,18,20H,6,9-17H2,1-2H3,(H,26,30). The van der Waals surface area contributed by atoms with Gasteiger partial charge in [-0.2, -0.15) is 4.98 Å². The Morgan fingerprint density at radius 2 is 1.87 bits per heavy atom. The van der Waals surface area contributed by atoms with E-state index in [1.54, 1.807) is 0 Å². The van der Waals surface area contributed by atoms with E-state index in [2.05, 4.69) is 24.3 Å². The van der Waals surface area contributed by atoms with E-state index in [1.807, 2.05) is 30.3 Å². The minimum absolute atomic E-state index is 0.0185. The van der Waals surface area contributed by atoms with Crippen LogP contribution in [0.4, 0.5) is 0 Å². The predicted octanol–water partition coefficient (Wildman–Crippen LogP) is 3.50. The van der Waals surface area contributed by atoms with Crippen LogP contribution in [0.25, 0.3) is 11.4 Å². The number of nitrogens with one attached hydrogen (secondary N) is 1. The molecule has 1 heterocycles. The average Bonchev–Trinajstić information content (AvgIpc) is 3.62. The number of fused-ring (bicyclic) bond motifs is 1. The topological polar surface area (TPSA) is 67.4 Å². The van der Waals surface area contributed by atoms with Crippen molar-refractivity contribution in [3.05, 3.63) is 41.6 Å². The van der Waals surface area contributed by atoms with Gasteiger partial charge < -0.3 is 15.0 Å². The molecule has 4 rings (SSSR count). The third-order valence-corrected chi connectivity index (χ3v) is 6.16. The van der Waals surface area contributed by atoms with E-state index >= 15 is 0 Å². The Balaban J connectivity index is 1.47. The van der Waals surface area contributed by atoms with Gasteiger partial charge in [0.2, 0.25) is 11.8 Å². The number of aryl methyl sites for hydroxylation is 1. The molecule has 6 heteroatoms. The summed E-state index contributed by atoms with van der Waals surface area (Å²) in [5.74, 6) is 2.30. The number of benzene rings is 1. The lowest BCUT2D eigenvalue weighted by Crippen LogP contribution is -2.32. The summed E-state index contributed by atoms with van der Waals surface area (Å²) in [7, 11) is 4.11. The zero-order valence-electron chi connectivity index (χ0n) is 18.8. The molecule has 1 aromatic heterocycles. The van der Waals surface area contributed by atoms with Crippen molar-refractivity contribution in [1.82, 2.24) is 20.2 Å². The van der Waals surface area contributed by atoms with E-state index in [0.717, 1.165) is 80.3 Å². The van der Waals surface area contributed by atoms with Gasteiger partial charge in [-0.3, -0.25) is 4.79 Å². The third-order valence-electron chi connectivity index (χ3n) is 6.16. The number of ether oxygens (including phenoxy) is 1. The number of amides is 1. The van der Waals surface area contributed by atoms with Crippen LogP contribution in [0, 0.1) is 11.8 Å². The Morgan fingerprint density at radius 3 is 2.61 bits per heavy atom. The van der Waals surface area contributed by atoms with Crippen molar-refractivity contribution in [3.8, 4) is 17.3 Å². The number of hydrogen-bond donors (Lipinski definition) is 1.